The van der Waals surface area contributed by atoms with E-state index < -0.39 is 0 Å². The predicted molar refractivity (Wildman–Crippen MR) is 120 cm³/mol. The Morgan fingerprint density at radius 3 is 2.56 bits per heavy atom. The number of hydrogen-bond donors (Lipinski definition) is 0. The number of hydrogen-bond acceptors (Lipinski definition) is 0. The molecule has 0 aromatic rings. The van der Waals surface area contributed by atoms with E-state index in [4.69, 9.17) is 0 Å². The summed E-state index contributed by atoms with van der Waals surface area (Å²) in [5, 5.41) is 0. The SMILES string of the molecule is CCC1(C)CCC2C(CC=C3CC(C)CCC32C)C1CCCCCC(C)C. The molecule has 0 amide bonds. The van der Waals surface area contributed by atoms with E-state index in [9.17, 15) is 0 Å². The van der Waals surface area contributed by atoms with Crippen LogP contribution in [0.2, 0.25) is 0 Å². The first-order valence-corrected chi connectivity index (χ1v) is 12.5. The Kier molecular flexibility index (Phi) is 6.85. The average Bonchev–Trinajstić information content (AvgIpc) is 2.63. The lowest BCUT2D eigenvalue weighted by atomic mass is 9.46. The third-order valence-corrected chi connectivity index (χ3v) is 9.47. The molecule has 3 aliphatic rings. The molecule has 0 aliphatic heterocycles. The summed E-state index contributed by atoms with van der Waals surface area (Å²) in [7, 11) is 0. The molecule has 6 atom stereocenters. The van der Waals surface area contributed by atoms with Crippen LogP contribution in [0.4, 0.5) is 0 Å². The second-order valence-electron chi connectivity index (χ2n) is 11.7. The van der Waals surface area contributed by atoms with Gasteiger partial charge in [0.25, 0.3) is 0 Å². The third kappa shape index (κ3) is 4.35. The van der Waals surface area contributed by atoms with Crippen molar-refractivity contribution in [1.29, 1.82) is 0 Å². The number of allylic oxidation sites excluding steroid dienone is 2. The van der Waals surface area contributed by atoms with Crippen LogP contribution in [0.1, 0.15) is 119 Å². The summed E-state index contributed by atoms with van der Waals surface area (Å²) < 4.78 is 0. The van der Waals surface area contributed by atoms with Gasteiger partial charge in [0, 0.05) is 0 Å². The van der Waals surface area contributed by atoms with E-state index in [0.29, 0.717) is 10.8 Å². The van der Waals surface area contributed by atoms with E-state index in [1.54, 1.807) is 0 Å². The van der Waals surface area contributed by atoms with Gasteiger partial charge < -0.3 is 0 Å². The van der Waals surface area contributed by atoms with Gasteiger partial charge in [0.05, 0.1) is 0 Å². The molecule has 27 heavy (non-hydrogen) atoms. The molecular weight excluding hydrogens is 324 g/mol. The Morgan fingerprint density at radius 1 is 1.07 bits per heavy atom. The molecule has 0 heteroatoms. The molecule has 3 rings (SSSR count). The maximum absolute atomic E-state index is 2.74. The summed E-state index contributed by atoms with van der Waals surface area (Å²) in [5.74, 6) is 4.71. The van der Waals surface area contributed by atoms with Crippen LogP contribution in [0.15, 0.2) is 11.6 Å². The van der Waals surface area contributed by atoms with Gasteiger partial charge in [-0.2, -0.15) is 0 Å². The zero-order valence-electron chi connectivity index (χ0n) is 19.4. The van der Waals surface area contributed by atoms with Crippen molar-refractivity contribution in [3.8, 4) is 0 Å². The van der Waals surface area contributed by atoms with Crippen LogP contribution in [0.3, 0.4) is 0 Å². The molecule has 2 fully saturated rings. The van der Waals surface area contributed by atoms with Gasteiger partial charge in [0.1, 0.15) is 0 Å². The van der Waals surface area contributed by atoms with Gasteiger partial charge in [-0.25, -0.2) is 0 Å². The van der Waals surface area contributed by atoms with Gasteiger partial charge in [0.15, 0.2) is 0 Å². The zero-order chi connectivity index (χ0) is 19.7. The van der Waals surface area contributed by atoms with Crippen LogP contribution >= 0.6 is 0 Å². The second kappa shape index (κ2) is 8.62. The monoisotopic (exact) mass is 372 g/mol. The van der Waals surface area contributed by atoms with Crippen LogP contribution in [-0.2, 0) is 0 Å². The first kappa shape index (κ1) is 21.4. The Morgan fingerprint density at radius 2 is 1.85 bits per heavy atom. The van der Waals surface area contributed by atoms with E-state index in [-0.39, 0.29) is 0 Å². The summed E-state index contributed by atoms with van der Waals surface area (Å²) in [6.07, 6.45) is 20.1. The van der Waals surface area contributed by atoms with E-state index >= 15 is 0 Å². The first-order chi connectivity index (χ1) is 12.8. The molecular formula is C27H48. The van der Waals surface area contributed by atoms with Crippen LogP contribution in [0.5, 0.6) is 0 Å². The van der Waals surface area contributed by atoms with Crippen LogP contribution in [-0.4, -0.2) is 0 Å². The molecule has 0 nitrogen and oxygen atoms in total. The second-order valence-corrected chi connectivity index (χ2v) is 11.7. The molecule has 0 N–H and O–H groups in total. The molecule has 0 saturated heterocycles. The van der Waals surface area contributed by atoms with Crippen molar-refractivity contribution in [3.63, 3.8) is 0 Å². The first-order valence-electron chi connectivity index (χ1n) is 12.5. The lowest BCUT2D eigenvalue weighted by Crippen LogP contribution is -2.50. The van der Waals surface area contributed by atoms with Crippen molar-refractivity contribution in [3.05, 3.63) is 11.6 Å². The Balaban J connectivity index is 1.72. The fraction of sp³-hybridized carbons (Fsp3) is 0.926. The van der Waals surface area contributed by atoms with Gasteiger partial charge in [-0.05, 0) is 85.4 Å². The van der Waals surface area contributed by atoms with Gasteiger partial charge in [-0.15, -0.1) is 0 Å². The number of fused-ring (bicyclic) bond motifs is 3. The van der Waals surface area contributed by atoms with Crippen molar-refractivity contribution in [1.82, 2.24) is 0 Å². The highest BCUT2D eigenvalue weighted by molar-refractivity contribution is 5.24. The highest BCUT2D eigenvalue weighted by atomic mass is 14.6. The Labute approximate surface area is 171 Å². The lowest BCUT2D eigenvalue weighted by molar-refractivity contribution is -0.0502. The maximum atomic E-state index is 2.74. The van der Waals surface area contributed by atoms with E-state index in [0.717, 1.165) is 29.6 Å². The summed E-state index contributed by atoms with van der Waals surface area (Å²) in [4.78, 5) is 0. The van der Waals surface area contributed by atoms with Crippen LogP contribution < -0.4 is 0 Å². The summed E-state index contributed by atoms with van der Waals surface area (Å²) in [6, 6.07) is 0. The molecule has 0 radical (unpaired) electrons. The van der Waals surface area contributed by atoms with Crippen LogP contribution in [0.25, 0.3) is 0 Å². The summed E-state index contributed by atoms with van der Waals surface area (Å²) in [5.41, 5.74) is 3.00. The van der Waals surface area contributed by atoms with Crippen LogP contribution in [0, 0.1) is 40.4 Å². The smallest absolute Gasteiger partial charge is 0.00851 e. The highest BCUT2D eigenvalue weighted by Gasteiger charge is 2.53. The molecule has 0 aromatic heterocycles. The van der Waals surface area contributed by atoms with E-state index in [1.807, 2.05) is 5.57 Å². The molecule has 0 heterocycles. The van der Waals surface area contributed by atoms with Gasteiger partial charge >= 0.3 is 0 Å². The fourth-order valence-electron chi connectivity index (χ4n) is 7.33. The van der Waals surface area contributed by atoms with Gasteiger partial charge in [-0.3, -0.25) is 0 Å². The minimum absolute atomic E-state index is 0.542. The Hall–Kier alpha value is -0.260. The molecule has 156 valence electrons. The largest absolute Gasteiger partial charge is 0.0845 e. The van der Waals surface area contributed by atoms with Crippen molar-refractivity contribution in [2.24, 2.45) is 40.4 Å². The number of rotatable bonds is 7. The van der Waals surface area contributed by atoms with E-state index in [2.05, 4.69) is 47.6 Å². The highest BCUT2D eigenvalue weighted by Crippen LogP contribution is 2.63. The topological polar surface area (TPSA) is 0 Å². The zero-order valence-corrected chi connectivity index (χ0v) is 19.4. The minimum atomic E-state index is 0.542. The molecule has 0 aromatic carbocycles. The normalized spacial score (nSPS) is 41.8. The summed E-state index contributed by atoms with van der Waals surface area (Å²) in [6.45, 7) is 15.0. The molecule has 2 saturated carbocycles. The lowest BCUT2D eigenvalue weighted by Gasteiger charge is -2.59. The van der Waals surface area contributed by atoms with Crippen molar-refractivity contribution < 1.29 is 0 Å². The third-order valence-electron chi connectivity index (χ3n) is 9.47. The molecule has 3 aliphatic carbocycles. The van der Waals surface area contributed by atoms with Crippen molar-refractivity contribution >= 4 is 0 Å². The van der Waals surface area contributed by atoms with Gasteiger partial charge in [0.2, 0.25) is 0 Å². The summed E-state index contributed by atoms with van der Waals surface area (Å²) >= 11 is 0. The molecule has 0 spiro atoms. The average molecular weight is 373 g/mol. The molecule has 6 unspecified atom stereocenters. The van der Waals surface area contributed by atoms with Crippen molar-refractivity contribution in [2.45, 2.75) is 119 Å². The standard InChI is InChI=1S/C27H48/c1-7-26(5)17-16-25-23(24(26)12-10-8-9-11-20(2)3)14-13-22-19-21(4)15-18-27(22,25)6/h13,20-21,23-25H,7-12,14-19H2,1-6H3. The maximum Gasteiger partial charge on any atom is -0.00851 e. The van der Waals surface area contributed by atoms with E-state index in [1.165, 1.54) is 77.0 Å². The number of unbranched alkanes of at least 4 members (excludes halogenated alkanes) is 2. The predicted octanol–water partition coefficient (Wildman–Crippen LogP) is 8.81. The fourth-order valence-corrected chi connectivity index (χ4v) is 7.33. The quantitative estimate of drug-likeness (QED) is 0.309. The van der Waals surface area contributed by atoms with Gasteiger partial charge in [-0.1, -0.05) is 85.3 Å². The minimum Gasteiger partial charge on any atom is -0.0845 e. The molecule has 0 bridgehead atoms. The van der Waals surface area contributed by atoms with Crippen molar-refractivity contribution in [2.75, 3.05) is 0 Å². The Bertz CT molecular complexity index is 514.